The molecule has 2 aliphatic rings. The molecule has 5 rings (SSSR count). The Morgan fingerprint density at radius 2 is 1.76 bits per heavy atom. The highest BCUT2D eigenvalue weighted by Gasteiger charge is 2.34. The van der Waals surface area contributed by atoms with Gasteiger partial charge in [0.2, 0.25) is 31.8 Å². The Kier molecular flexibility index (Phi) is 5.77. The fourth-order valence-electron chi connectivity index (χ4n) is 3.80. The standard InChI is InChI=1S/C21H23N5O5S2/c27-32(28,25-17-5-6-17)18-7-9-19(10-8-18)33(29,30)26-12-2-4-16(14-26)21-23-20(24-31-21)15-3-1-11-22-13-15/h1,3,7-11,13,16-17,25H,2,4-6,12,14H2/t16-/m1/s1. The van der Waals surface area contributed by atoms with E-state index in [-0.39, 0.29) is 28.3 Å². The van der Waals surface area contributed by atoms with E-state index >= 15 is 0 Å². The first-order valence-electron chi connectivity index (χ1n) is 10.7. The normalized spacial score (nSPS) is 20.1. The lowest BCUT2D eigenvalue weighted by Crippen LogP contribution is -2.39. The summed E-state index contributed by atoms with van der Waals surface area (Å²) in [5.41, 5.74) is 0.721. The average Bonchev–Trinajstić information content (AvgIpc) is 3.49. The molecule has 1 aliphatic heterocycles. The van der Waals surface area contributed by atoms with E-state index in [2.05, 4.69) is 19.8 Å². The van der Waals surface area contributed by atoms with E-state index < -0.39 is 20.0 Å². The molecule has 1 atom stereocenters. The van der Waals surface area contributed by atoms with Crippen LogP contribution in [0.1, 0.15) is 37.5 Å². The minimum Gasteiger partial charge on any atom is -0.339 e. The van der Waals surface area contributed by atoms with Gasteiger partial charge < -0.3 is 4.52 Å². The van der Waals surface area contributed by atoms with E-state index in [1.165, 1.54) is 28.6 Å². The summed E-state index contributed by atoms with van der Waals surface area (Å²) in [6, 6.07) is 8.92. The Balaban J connectivity index is 1.32. The lowest BCUT2D eigenvalue weighted by atomic mass is 10.00. The minimum atomic E-state index is -3.80. The molecule has 1 aliphatic carbocycles. The average molecular weight is 490 g/mol. The molecule has 0 bridgehead atoms. The molecular formula is C21H23N5O5S2. The van der Waals surface area contributed by atoms with Gasteiger partial charge in [0.05, 0.1) is 15.7 Å². The van der Waals surface area contributed by atoms with Crippen LogP contribution in [0.25, 0.3) is 11.4 Å². The highest BCUT2D eigenvalue weighted by molar-refractivity contribution is 7.89. The molecule has 3 aromatic rings. The highest BCUT2D eigenvalue weighted by Crippen LogP contribution is 2.31. The van der Waals surface area contributed by atoms with Crippen LogP contribution in [0, 0.1) is 0 Å². The first kappa shape index (κ1) is 22.1. The minimum absolute atomic E-state index is 0.0212. The van der Waals surface area contributed by atoms with Crippen LogP contribution < -0.4 is 4.72 Å². The molecule has 0 unspecified atom stereocenters. The van der Waals surface area contributed by atoms with Crippen LogP contribution in [0.15, 0.2) is 63.1 Å². The van der Waals surface area contributed by atoms with Gasteiger partial charge in [0, 0.05) is 37.1 Å². The molecule has 0 amide bonds. The number of nitrogens with one attached hydrogen (secondary N) is 1. The molecule has 2 fully saturated rings. The van der Waals surface area contributed by atoms with E-state index in [0.717, 1.165) is 24.8 Å². The number of nitrogens with zero attached hydrogens (tertiary/aromatic N) is 4. The van der Waals surface area contributed by atoms with Gasteiger partial charge in [0.15, 0.2) is 0 Å². The second kappa shape index (κ2) is 8.60. The maximum atomic E-state index is 13.2. The van der Waals surface area contributed by atoms with Gasteiger partial charge in [-0.1, -0.05) is 5.16 Å². The van der Waals surface area contributed by atoms with Gasteiger partial charge in [-0.3, -0.25) is 4.98 Å². The van der Waals surface area contributed by atoms with Crippen molar-refractivity contribution in [2.75, 3.05) is 13.1 Å². The molecule has 1 aromatic carbocycles. The predicted molar refractivity (Wildman–Crippen MR) is 118 cm³/mol. The van der Waals surface area contributed by atoms with Crippen molar-refractivity contribution in [3.63, 3.8) is 0 Å². The highest BCUT2D eigenvalue weighted by atomic mass is 32.2. The summed E-state index contributed by atoms with van der Waals surface area (Å²) in [6.07, 6.45) is 6.31. The number of benzene rings is 1. The van der Waals surface area contributed by atoms with Crippen molar-refractivity contribution in [3.05, 3.63) is 54.7 Å². The zero-order valence-electron chi connectivity index (χ0n) is 17.7. The summed E-state index contributed by atoms with van der Waals surface area (Å²) in [6.45, 7) is 0.575. The lowest BCUT2D eigenvalue weighted by molar-refractivity contribution is 0.265. The van der Waals surface area contributed by atoms with Gasteiger partial charge in [-0.25, -0.2) is 21.6 Å². The van der Waals surface area contributed by atoms with Crippen molar-refractivity contribution in [1.29, 1.82) is 0 Å². The third-order valence-corrected chi connectivity index (χ3v) is 9.18. The Hall–Kier alpha value is -2.67. The second-order valence-corrected chi connectivity index (χ2v) is 11.9. The predicted octanol–water partition coefficient (Wildman–Crippen LogP) is 2.14. The maximum Gasteiger partial charge on any atom is 0.243 e. The first-order chi connectivity index (χ1) is 15.8. The number of hydrogen-bond donors (Lipinski definition) is 1. The van der Waals surface area contributed by atoms with Crippen LogP contribution in [-0.4, -0.2) is 55.4 Å². The largest absolute Gasteiger partial charge is 0.339 e. The topological polar surface area (TPSA) is 135 Å². The number of rotatable bonds is 7. The molecule has 174 valence electrons. The summed E-state index contributed by atoms with van der Waals surface area (Å²) in [5.74, 6) is 0.574. The smallest absolute Gasteiger partial charge is 0.243 e. The van der Waals surface area contributed by atoms with E-state index in [1.807, 2.05) is 6.07 Å². The number of sulfonamides is 2. The van der Waals surface area contributed by atoms with Crippen LogP contribution >= 0.6 is 0 Å². The van der Waals surface area contributed by atoms with E-state index in [9.17, 15) is 16.8 Å². The fraction of sp³-hybridized carbons (Fsp3) is 0.381. The molecule has 3 heterocycles. The summed E-state index contributed by atoms with van der Waals surface area (Å²) in [5, 5.41) is 4.01. The van der Waals surface area contributed by atoms with Gasteiger partial charge >= 0.3 is 0 Å². The summed E-state index contributed by atoms with van der Waals surface area (Å²) < 4.78 is 60.6. The van der Waals surface area contributed by atoms with Crippen molar-refractivity contribution >= 4 is 20.0 Å². The number of aromatic nitrogens is 3. The van der Waals surface area contributed by atoms with Crippen LogP contribution in [0.2, 0.25) is 0 Å². The van der Waals surface area contributed by atoms with Crippen LogP contribution in [0.5, 0.6) is 0 Å². The van der Waals surface area contributed by atoms with Crippen molar-refractivity contribution in [2.45, 2.75) is 47.4 Å². The second-order valence-electron chi connectivity index (χ2n) is 8.27. The van der Waals surface area contributed by atoms with Crippen molar-refractivity contribution in [3.8, 4) is 11.4 Å². The van der Waals surface area contributed by atoms with Gasteiger partial charge in [0.25, 0.3) is 0 Å². The van der Waals surface area contributed by atoms with Gasteiger partial charge in [-0.15, -0.1) is 0 Å². The zero-order chi connectivity index (χ0) is 23.1. The molecule has 1 saturated heterocycles. The zero-order valence-corrected chi connectivity index (χ0v) is 19.3. The molecule has 0 radical (unpaired) electrons. The van der Waals surface area contributed by atoms with Crippen LogP contribution in [-0.2, 0) is 20.0 Å². The van der Waals surface area contributed by atoms with Crippen molar-refractivity contribution < 1.29 is 21.4 Å². The monoisotopic (exact) mass is 489 g/mol. The molecule has 2 aromatic heterocycles. The summed E-state index contributed by atoms with van der Waals surface area (Å²) >= 11 is 0. The Labute approximate surface area is 192 Å². The number of hydrogen-bond acceptors (Lipinski definition) is 8. The first-order valence-corrected chi connectivity index (χ1v) is 13.6. The quantitative estimate of drug-likeness (QED) is 0.533. The van der Waals surface area contributed by atoms with Crippen LogP contribution in [0.3, 0.4) is 0 Å². The van der Waals surface area contributed by atoms with E-state index in [0.29, 0.717) is 24.7 Å². The molecule has 1 N–H and O–H groups in total. The molecule has 10 nitrogen and oxygen atoms in total. The van der Waals surface area contributed by atoms with Crippen LogP contribution in [0.4, 0.5) is 0 Å². The fourth-order valence-corrected chi connectivity index (χ4v) is 6.63. The molecule has 12 heteroatoms. The van der Waals surface area contributed by atoms with Crippen molar-refractivity contribution in [2.24, 2.45) is 0 Å². The SMILES string of the molecule is O=S(=O)(NC1CC1)c1ccc(S(=O)(=O)N2CCC[C@@H](c3nc(-c4cccnc4)no3)C2)cc1. The van der Waals surface area contributed by atoms with Gasteiger partial charge in [-0.05, 0) is 62.1 Å². The maximum absolute atomic E-state index is 13.2. The Bertz CT molecular complexity index is 1340. The lowest BCUT2D eigenvalue weighted by Gasteiger charge is -2.30. The summed E-state index contributed by atoms with van der Waals surface area (Å²) in [4.78, 5) is 8.60. The number of pyridine rings is 1. The molecule has 0 spiro atoms. The summed E-state index contributed by atoms with van der Waals surface area (Å²) in [7, 11) is -7.44. The van der Waals surface area contributed by atoms with Crippen molar-refractivity contribution in [1.82, 2.24) is 24.2 Å². The third-order valence-electron chi connectivity index (χ3n) is 5.77. The molecular weight excluding hydrogens is 466 g/mol. The van der Waals surface area contributed by atoms with E-state index in [4.69, 9.17) is 4.52 Å². The Morgan fingerprint density at radius 3 is 2.45 bits per heavy atom. The molecule has 33 heavy (non-hydrogen) atoms. The number of piperidine rings is 1. The molecule has 1 saturated carbocycles. The third kappa shape index (κ3) is 4.69. The van der Waals surface area contributed by atoms with Gasteiger partial charge in [0.1, 0.15) is 0 Å². The Morgan fingerprint density at radius 1 is 1.00 bits per heavy atom. The van der Waals surface area contributed by atoms with Gasteiger partial charge in [-0.2, -0.15) is 9.29 Å². The van der Waals surface area contributed by atoms with E-state index in [1.54, 1.807) is 18.5 Å².